The molecule has 20 heavy (non-hydrogen) atoms. The first kappa shape index (κ1) is 13.1. The van der Waals surface area contributed by atoms with Crippen LogP contribution in [0.5, 0.6) is 0 Å². The van der Waals surface area contributed by atoms with Gasteiger partial charge in [0.05, 0.1) is 11.5 Å². The lowest BCUT2D eigenvalue weighted by Gasteiger charge is -2.43. The Labute approximate surface area is 120 Å². The molecular formula is C17H19N3. The Bertz CT molecular complexity index is 580. The molecule has 1 aromatic rings. The first-order chi connectivity index (χ1) is 9.68. The molecule has 0 radical (unpaired) electrons. The van der Waals surface area contributed by atoms with Gasteiger partial charge in [-0.15, -0.1) is 6.58 Å². The summed E-state index contributed by atoms with van der Waals surface area (Å²) in [5, 5.41) is 9.82. The van der Waals surface area contributed by atoms with E-state index in [1.165, 1.54) is 0 Å². The summed E-state index contributed by atoms with van der Waals surface area (Å²) < 4.78 is 0. The highest BCUT2D eigenvalue weighted by Crippen LogP contribution is 2.44. The summed E-state index contributed by atoms with van der Waals surface area (Å²) in [6.07, 6.45) is 11.8. The van der Waals surface area contributed by atoms with Gasteiger partial charge in [0.2, 0.25) is 0 Å². The third-order valence-corrected chi connectivity index (χ3v) is 4.50. The van der Waals surface area contributed by atoms with E-state index in [2.05, 4.69) is 40.8 Å². The van der Waals surface area contributed by atoms with Crippen molar-refractivity contribution in [1.82, 2.24) is 9.88 Å². The molecule has 1 aromatic heterocycles. The minimum Gasteiger partial charge on any atom is -0.287 e. The Hall–Kier alpha value is -1.92. The van der Waals surface area contributed by atoms with Crippen LogP contribution in [0.25, 0.3) is 0 Å². The molecule has 0 N–H and O–H groups in total. The number of rotatable bonds is 3. The molecule has 3 nitrogen and oxygen atoms in total. The first-order valence-electron chi connectivity index (χ1n) is 7.07. The molecule has 1 saturated heterocycles. The van der Waals surface area contributed by atoms with E-state index in [4.69, 9.17) is 0 Å². The van der Waals surface area contributed by atoms with Crippen molar-refractivity contribution in [3.8, 4) is 6.07 Å². The quantitative estimate of drug-likeness (QED) is 0.789. The average molecular weight is 265 g/mol. The molecule has 102 valence electrons. The number of nitriles is 1. The molecule has 0 saturated carbocycles. The molecule has 3 atom stereocenters. The second kappa shape index (κ2) is 4.88. The fraction of sp³-hybridized carbons (Fsp3) is 0.412. The van der Waals surface area contributed by atoms with Crippen molar-refractivity contribution in [3.63, 3.8) is 0 Å². The number of pyridine rings is 1. The highest BCUT2D eigenvalue weighted by Gasteiger charge is 2.47. The smallest absolute Gasteiger partial charge is 0.0873 e. The highest BCUT2D eigenvalue weighted by atomic mass is 15.2. The van der Waals surface area contributed by atoms with Crippen LogP contribution >= 0.6 is 0 Å². The largest absolute Gasteiger partial charge is 0.287 e. The lowest BCUT2D eigenvalue weighted by Crippen LogP contribution is -2.49. The van der Waals surface area contributed by atoms with Crippen molar-refractivity contribution in [2.24, 2.45) is 0 Å². The molecule has 3 heterocycles. The van der Waals surface area contributed by atoms with Crippen LogP contribution in [0.3, 0.4) is 0 Å². The van der Waals surface area contributed by atoms with E-state index < -0.39 is 5.41 Å². The van der Waals surface area contributed by atoms with Crippen molar-refractivity contribution in [1.29, 1.82) is 5.26 Å². The van der Waals surface area contributed by atoms with Gasteiger partial charge in [0.1, 0.15) is 0 Å². The molecule has 2 aliphatic rings. The molecule has 1 fully saturated rings. The van der Waals surface area contributed by atoms with Crippen LogP contribution in [0.4, 0.5) is 0 Å². The van der Waals surface area contributed by atoms with Crippen LogP contribution in [-0.4, -0.2) is 28.5 Å². The molecule has 0 spiro atoms. The fourth-order valence-corrected chi connectivity index (χ4v) is 3.52. The van der Waals surface area contributed by atoms with E-state index in [0.29, 0.717) is 12.1 Å². The van der Waals surface area contributed by atoms with E-state index in [1.807, 2.05) is 25.4 Å². The summed E-state index contributed by atoms with van der Waals surface area (Å²) in [5.41, 5.74) is 1.78. The van der Waals surface area contributed by atoms with Crippen LogP contribution in [0.15, 0.2) is 43.3 Å². The predicted octanol–water partition coefficient (Wildman–Crippen LogP) is 2.74. The van der Waals surface area contributed by atoms with Crippen molar-refractivity contribution in [3.05, 3.63) is 54.4 Å². The maximum atomic E-state index is 9.82. The van der Waals surface area contributed by atoms with E-state index >= 15 is 0 Å². The minimum atomic E-state index is -0.407. The number of fused-ring (bicyclic) bond motifs is 2. The fourth-order valence-electron chi connectivity index (χ4n) is 3.52. The van der Waals surface area contributed by atoms with Crippen molar-refractivity contribution in [2.45, 2.75) is 37.3 Å². The normalized spacial score (nSPS) is 32.0. The van der Waals surface area contributed by atoms with E-state index in [9.17, 15) is 5.26 Å². The van der Waals surface area contributed by atoms with Crippen molar-refractivity contribution in [2.75, 3.05) is 6.54 Å². The Morgan fingerprint density at radius 3 is 2.70 bits per heavy atom. The van der Waals surface area contributed by atoms with Crippen LogP contribution in [-0.2, 0) is 5.41 Å². The molecule has 3 rings (SSSR count). The summed E-state index contributed by atoms with van der Waals surface area (Å²) in [6.45, 7) is 6.75. The molecule has 2 aliphatic heterocycles. The number of nitrogens with zero attached hydrogens (tertiary/aromatic N) is 3. The second-order valence-corrected chi connectivity index (χ2v) is 5.86. The van der Waals surface area contributed by atoms with E-state index in [1.54, 1.807) is 0 Å². The van der Waals surface area contributed by atoms with E-state index in [0.717, 1.165) is 30.5 Å². The number of aromatic nitrogens is 1. The predicted molar refractivity (Wildman–Crippen MR) is 79.1 cm³/mol. The van der Waals surface area contributed by atoms with Crippen LogP contribution in [0.2, 0.25) is 0 Å². The van der Waals surface area contributed by atoms with Gasteiger partial charge in [-0.1, -0.05) is 24.3 Å². The first-order valence-corrected chi connectivity index (χ1v) is 7.07. The maximum absolute atomic E-state index is 9.82. The summed E-state index contributed by atoms with van der Waals surface area (Å²) in [7, 11) is 0. The molecular weight excluding hydrogens is 246 g/mol. The Kier molecular flexibility index (Phi) is 3.19. The molecule has 0 amide bonds. The minimum absolute atomic E-state index is 0.340. The van der Waals surface area contributed by atoms with Crippen LogP contribution < -0.4 is 0 Å². The van der Waals surface area contributed by atoms with Gasteiger partial charge in [0.15, 0.2) is 0 Å². The Morgan fingerprint density at radius 2 is 2.15 bits per heavy atom. The Morgan fingerprint density at radius 1 is 1.45 bits per heavy atom. The van der Waals surface area contributed by atoms with Gasteiger partial charge in [-0.25, -0.2) is 0 Å². The molecule has 3 heteroatoms. The molecule has 0 aliphatic carbocycles. The summed E-state index contributed by atoms with van der Waals surface area (Å²) in [6, 6.07) is 5.38. The monoisotopic (exact) mass is 265 g/mol. The molecule has 2 bridgehead atoms. The number of hydrogen-bond donors (Lipinski definition) is 0. The average Bonchev–Trinajstić information content (AvgIpc) is 2.71. The van der Waals surface area contributed by atoms with Gasteiger partial charge in [-0.05, 0) is 30.9 Å². The second-order valence-electron chi connectivity index (χ2n) is 5.86. The highest BCUT2D eigenvalue weighted by molar-refractivity contribution is 5.37. The summed E-state index contributed by atoms with van der Waals surface area (Å²) in [5.74, 6) is 0. The standard InChI is InChI=1S/C17H19N3/c1-3-6-20-15-4-5-16(20)9-17(8-15,12-18)14-7-13(2)10-19-11-14/h3-5,7,10-11,15-16H,1,6,8-9H2,2H3/t15-,16+,17?. The number of aryl methyl sites for hydroxylation is 1. The van der Waals surface area contributed by atoms with Crippen LogP contribution in [0, 0.1) is 18.3 Å². The van der Waals surface area contributed by atoms with Gasteiger partial charge in [-0.3, -0.25) is 9.88 Å². The SMILES string of the molecule is C=CCN1[C@@H]2C=C[C@H]1CC(C#N)(c1cncc(C)c1)C2. The summed E-state index contributed by atoms with van der Waals surface area (Å²) in [4.78, 5) is 6.70. The van der Waals surface area contributed by atoms with Crippen molar-refractivity contribution < 1.29 is 0 Å². The van der Waals surface area contributed by atoms with Gasteiger partial charge in [-0.2, -0.15) is 5.26 Å². The Balaban J connectivity index is 1.94. The van der Waals surface area contributed by atoms with Crippen molar-refractivity contribution >= 4 is 0 Å². The van der Waals surface area contributed by atoms with Gasteiger partial charge in [0, 0.05) is 31.0 Å². The lowest BCUT2D eigenvalue weighted by molar-refractivity contribution is 0.133. The van der Waals surface area contributed by atoms with Gasteiger partial charge in [0.25, 0.3) is 0 Å². The zero-order valence-corrected chi connectivity index (χ0v) is 11.8. The molecule has 0 aromatic carbocycles. The maximum Gasteiger partial charge on any atom is 0.0873 e. The van der Waals surface area contributed by atoms with Gasteiger partial charge < -0.3 is 0 Å². The van der Waals surface area contributed by atoms with Gasteiger partial charge >= 0.3 is 0 Å². The third kappa shape index (κ3) is 1.97. The topological polar surface area (TPSA) is 39.9 Å². The number of piperidine rings is 1. The van der Waals surface area contributed by atoms with Crippen LogP contribution in [0.1, 0.15) is 24.0 Å². The molecule has 1 unspecified atom stereocenters. The zero-order valence-electron chi connectivity index (χ0n) is 11.8. The third-order valence-electron chi connectivity index (χ3n) is 4.50. The summed E-state index contributed by atoms with van der Waals surface area (Å²) >= 11 is 0. The lowest BCUT2D eigenvalue weighted by atomic mass is 9.71. The zero-order chi connectivity index (χ0) is 14.2. The number of hydrogen-bond acceptors (Lipinski definition) is 3. The van der Waals surface area contributed by atoms with E-state index in [-0.39, 0.29) is 0 Å².